The molecule has 0 radical (unpaired) electrons. The van der Waals surface area contributed by atoms with E-state index in [-0.39, 0.29) is 0 Å². The minimum Gasteiger partial charge on any atom is -0.508 e. The number of aromatic hydroxyl groups is 1. The minimum atomic E-state index is 0.315. The van der Waals surface area contributed by atoms with Gasteiger partial charge in [-0.15, -0.1) is 0 Å². The molecular weight excluding hydrogens is 234 g/mol. The van der Waals surface area contributed by atoms with Crippen LogP contribution in [0.4, 0.5) is 5.69 Å². The Bertz CT molecular complexity index is 592. The molecule has 0 aliphatic heterocycles. The number of nitrogens with one attached hydrogen (secondary N) is 1. The summed E-state index contributed by atoms with van der Waals surface area (Å²) in [6.45, 7) is 2.18. The average Bonchev–Trinajstić information content (AvgIpc) is 2.84. The smallest absolute Gasteiger partial charge is 0.119 e. The number of phenolic OH excluding ortho intramolecular Hbond substituents is 1. The van der Waals surface area contributed by atoms with Crippen molar-refractivity contribution in [2.24, 2.45) is 0 Å². The number of rotatable bonds is 3. The van der Waals surface area contributed by atoms with Gasteiger partial charge in [-0.05, 0) is 48.1 Å². The Morgan fingerprint density at radius 3 is 2.84 bits per heavy atom. The predicted molar refractivity (Wildman–Crippen MR) is 78.6 cm³/mol. The molecule has 0 saturated heterocycles. The molecule has 0 fully saturated rings. The summed E-state index contributed by atoms with van der Waals surface area (Å²) in [5.41, 5.74) is 4.90. The van der Waals surface area contributed by atoms with Crippen molar-refractivity contribution < 1.29 is 5.11 Å². The maximum atomic E-state index is 9.89. The van der Waals surface area contributed by atoms with Crippen LogP contribution in [0.25, 0.3) is 0 Å². The Hall–Kier alpha value is -1.96. The molecule has 98 valence electrons. The molecule has 0 spiro atoms. The van der Waals surface area contributed by atoms with Gasteiger partial charge in [0, 0.05) is 5.69 Å². The monoisotopic (exact) mass is 253 g/mol. The van der Waals surface area contributed by atoms with Gasteiger partial charge in [-0.1, -0.05) is 37.3 Å². The number of aryl methyl sites for hydroxylation is 1. The second kappa shape index (κ2) is 4.96. The Kier molecular flexibility index (Phi) is 3.16. The molecule has 1 atom stereocenters. The van der Waals surface area contributed by atoms with E-state index in [1.54, 1.807) is 6.07 Å². The highest BCUT2D eigenvalue weighted by atomic mass is 16.3. The van der Waals surface area contributed by atoms with Crippen molar-refractivity contribution in [1.82, 2.24) is 0 Å². The molecule has 1 aliphatic rings. The number of hydrogen-bond donors (Lipinski definition) is 2. The first-order valence-electron chi connectivity index (χ1n) is 6.94. The zero-order valence-electron chi connectivity index (χ0n) is 11.2. The lowest BCUT2D eigenvalue weighted by Gasteiger charge is -2.18. The van der Waals surface area contributed by atoms with E-state index in [4.69, 9.17) is 0 Å². The van der Waals surface area contributed by atoms with E-state index in [1.165, 1.54) is 16.8 Å². The van der Waals surface area contributed by atoms with Gasteiger partial charge in [0.2, 0.25) is 0 Å². The maximum Gasteiger partial charge on any atom is 0.119 e. The minimum absolute atomic E-state index is 0.315. The first-order valence-corrected chi connectivity index (χ1v) is 6.94. The van der Waals surface area contributed by atoms with Crippen LogP contribution in [0.3, 0.4) is 0 Å². The maximum absolute atomic E-state index is 9.89. The van der Waals surface area contributed by atoms with Crippen LogP contribution >= 0.6 is 0 Å². The molecule has 0 bridgehead atoms. The third kappa shape index (κ3) is 2.19. The number of para-hydroxylation sites is 1. The molecule has 0 heterocycles. The fourth-order valence-corrected chi connectivity index (χ4v) is 2.94. The van der Waals surface area contributed by atoms with E-state index in [0.29, 0.717) is 11.8 Å². The Labute approximate surface area is 114 Å². The quantitative estimate of drug-likeness (QED) is 0.864. The summed E-state index contributed by atoms with van der Waals surface area (Å²) >= 11 is 0. The SMILES string of the molecule is CCc1ccccc1NC1CCc2c(O)cccc21. The molecule has 3 rings (SSSR count). The second-order valence-corrected chi connectivity index (χ2v) is 5.09. The summed E-state index contributed by atoms with van der Waals surface area (Å²) < 4.78 is 0. The lowest BCUT2D eigenvalue weighted by Crippen LogP contribution is -2.08. The van der Waals surface area contributed by atoms with Gasteiger partial charge in [0.05, 0.1) is 6.04 Å². The van der Waals surface area contributed by atoms with E-state index in [9.17, 15) is 5.11 Å². The van der Waals surface area contributed by atoms with Crippen LogP contribution in [0.1, 0.15) is 36.1 Å². The van der Waals surface area contributed by atoms with Gasteiger partial charge in [-0.25, -0.2) is 0 Å². The van der Waals surface area contributed by atoms with Crippen molar-refractivity contribution in [3.05, 3.63) is 59.2 Å². The Morgan fingerprint density at radius 2 is 2.00 bits per heavy atom. The van der Waals surface area contributed by atoms with E-state index in [1.807, 2.05) is 6.07 Å². The van der Waals surface area contributed by atoms with E-state index in [2.05, 4.69) is 42.6 Å². The summed E-state index contributed by atoms with van der Waals surface area (Å²) in [5.74, 6) is 0.436. The van der Waals surface area contributed by atoms with E-state index < -0.39 is 0 Å². The summed E-state index contributed by atoms with van der Waals surface area (Å²) in [5, 5.41) is 13.5. The molecule has 19 heavy (non-hydrogen) atoms. The first kappa shape index (κ1) is 12.1. The molecule has 2 nitrogen and oxygen atoms in total. The number of fused-ring (bicyclic) bond motifs is 1. The standard InChI is InChI=1S/C17H19NO/c1-2-12-6-3-4-8-15(12)18-16-11-10-14-13(16)7-5-9-17(14)19/h3-9,16,18-19H,2,10-11H2,1H3. The molecule has 2 heteroatoms. The molecule has 0 aromatic heterocycles. The van der Waals surface area contributed by atoms with Crippen molar-refractivity contribution in [1.29, 1.82) is 0 Å². The zero-order valence-corrected chi connectivity index (χ0v) is 11.2. The molecule has 2 aromatic rings. The lowest BCUT2D eigenvalue weighted by molar-refractivity contribution is 0.469. The number of hydrogen-bond acceptors (Lipinski definition) is 2. The van der Waals surface area contributed by atoms with Crippen LogP contribution in [0, 0.1) is 0 Å². The average molecular weight is 253 g/mol. The number of benzene rings is 2. The van der Waals surface area contributed by atoms with Crippen molar-refractivity contribution >= 4 is 5.69 Å². The summed E-state index contributed by atoms with van der Waals surface area (Å²) in [4.78, 5) is 0. The molecule has 2 N–H and O–H groups in total. The Morgan fingerprint density at radius 1 is 1.16 bits per heavy atom. The highest BCUT2D eigenvalue weighted by molar-refractivity contribution is 5.55. The normalized spacial score (nSPS) is 17.2. The van der Waals surface area contributed by atoms with Crippen LogP contribution in [0.15, 0.2) is 42.5 Å². The van der Waals surface area contributed by atoms with Gasteiger partial charge in [0.15, 0.2) is 0 Å². The van der Waals surface area contributed by atoms with Gasteiger partial charge in [-0.2, -0.15) is 0 Å². The van der Waals surface area contributed by atoms with Crippen LogP contribution < -0.4 is 5.32 Å². The lowest BCUT2D eigenvalue weighted by atomic mass is 10.1. The van der Waals surface area contributed by atoms with E-state index >= 15 is 0 Å². The van der Waals surface area contributed by atoms with Gasteiger partial charge in [-0.3, -0.25) is 0 Å². The number of anilines is 1. The molecule has 0 amide bonds. The summed E-state index contributed by atoms with van der Waals surface area (Å²) in [6, 6.07) is 14.6. The Balaban J connectivity index is 1.89. The van der Waals surface area contributed by atoms with Crippen molar-refractivity contribution in [2.45, 2.75) is 32.2 Å². The van der Waals surface area contributed by atoms with Gasteiger partial charge in [0.25, 0.3) is 0 Å². The van der Waals surface area contributed by atoms with Crippen LogP contribution in [-0.2, 0) is 12.8 Å². The second-order valence-electron chi connectivity index (χ2n) is 5.09. The van der Waals surface area contributed by atoms with Crippen molar-refractivity contribution in [2.75, 3.05) is 5.32 Å². The fraction of sp³-hybridized carbons (Fsp3) is 0.294. The van der Waals surface area contributed by atoms with Crippen molar-refractivity contribution in [3.63, 3.8) is 0 Å². The highest BCUT2D eigenvalue weighted by Gasteiger charge is 2.24. The number of phenols is 1. The summed E-state index contributed by atoms with van der Waals surface area (Å²) in [7, 11) is 0. The van der Waals surface area contributed by atoms with Gasteiger partial charge in [0.1, 0.15) is 5.75 Å². The largest absolute Gasteiger partial charge is 0.508 e. The third-order valence-electron chi connectivity index (χ3n) is 3.97. The molecule has 1 unspecified atom stereocenters. The predicted octanol–water partition coefficient (Wildman–Crippen LogP) is 4.05. The van der Waals surface area contributed by atoms with Crippen LogP contribution in [0.5, 0.6) is 5.75 Å². The highest BCUT2D eigenvalue weighted by Crippen LogP contribution is 2.38. The zero-order chi connectivity index (χ0) is 13.2. The molecule has 2 aromatic carbocycles. The summed E-state index contributed by atoms with van der Waals surface area (Å²) in [6.07, 6.45) is 3.03. The first-order chi connectivity index (χ1) is 9.29. The topological polar surface area (TPSA) is 32.3 Å². The third-order valence-corrected chi connectivity index (χ3v) is 3.97. The van der Waals surface area contributed by atoms with Crippen LogP contribution in [0.2, 0.25) is 0 Å². The van der Waals surface area contributed by atoms with E-state index in [0.717, 1.165) is 24.8 Å². The molecule has 0 saturated carbocycles. The van der Waals surface area contributed by atoms with Crippen molar-refractivity contribution in [3.8, 4) is 5.75 Å². The van der Waals surface area contributed by atoms with Gasteiger partial charge >= 0.3 is 0 Å². The van der Waals surface area contributed by atoms with Crippen LogP contribution in [-0.4, -0.2) is 5.11 Å². The molecule has 1 aliphatic carbocycles. The molecular formula is C17H19NO. The van der Waals surface area contributed by atoms with Gasteiger partial charge < -0.3 is 10.4 Å². The fourth-order valence-electron chi connectivity index (χ4n) is 2.94.